The van der Waals surface area contributed by atoms with Crippen molar-refractivity contribution in [2.45, 2.75) is 32.6 Å². The molecule has 1 fully saturated rings. The molecule has 4 heteroatoms. The van der Waals surface area contributed by atoms with Crippen LogP contribution in [0.2, 0.25) is 0 Å². The topological polar surface area (TPSA) is 80.4 Å². The van der Waals surface area contributed by atoms with E-state index in [-0.39, 0.29) is 0 Å². The average Bonchev–Trinajstić information content (AvgIpc) is 2.82. The molecule has 0 aromatic heterocycles. The van der Waals surface area contributed by atoms with Crippen LogP contribution in [0.5, 0.6) is 0 Å². The van der Waals surface area contributed by atoms with Gasteiger partial charge in [0.2, 0.25) is 5.91 Å². The quantitative estimate of drug-likeness (QED) is 0.620. The van der Waals surface area contributed by atoms with Crippen LogP contribution in [-0.2, 0) is 9.59 Å². The molecular weight excluding hydrogens is 170 g/mol. The SMILES string of the molecule is CC(CCC1CC1)(C(N)=O)C(=O)O. The van der Waals surface area contributed by atoms with Crippen molar-refractivity contribution in [2.75, 3.05) is 0 Å². The minimum absolute atomic E-state index is 0.363. The number of amides is 1. The second-order valence-corrected chi connectivity index (χ2v) is 3.98. The Kier molecular flexibility index (Phi) is 2.59. The van der Waals surface area contributed by atoms with Crippen LogP contribution in [-0.4, -0.2) is 17.0 Å². The summed E-state index contributed by atoms with van der Waals surface area (Å²) in [6.07, 6.45) is 3.48. The smallest absolute Gasteiger partial charge is 0.318 e. The lowest BCUT2D eigenvalue weighted by Gasteiger charge is -2.20. The number of nitrogens with two attached hydrogens (primary N) is 1. The van der Waals surface area contributed by atoms with Gasteiger partial charge < -0.3 is 10.8 Å². The Bertz CT molecular complexity index is 219. The van der Waals surface area contributed by atoms with E-state index in [4.69, 9.17) is 10.8 Å². The fourth-order valence-corrected chi connectivity index (χ4v) is 1.23. The van der Waals surface area contributed by atoms with Crippen molar-refractivity contribution in [3.05, 3.63) is 0 Å². The Labute approximate surface area is 77.1 Å². The van der Waals surface area contributed by atoms with E-state index in [0.717, 1.165) is 19.3 Å². The summed E-state index contributed by atoms with van der Waals surface area (Å²) < 4.78 is 0. The predicted molar refractivity (Wildman–Crippen MR) is 46.9 cm³/mol. The highest BCUT2D eigenvalue weighted by Crippen LogP contribution is 2.37. The summed E-state index contributed by atoms with van der Waals surface area (Å²) in [5.41, 5.74) is 3.69. The molecule has 4 nitrogen and oxygen atoms in total. The van der Waals surface area contributed by atoms with E-state index in [1.165, 1.54) is 6.92 Å². The lowest BCUT2D eigenvalue weighted by molar-refractivity contribution is -0.154. The Morgan fingerprint density at radius 2 is 2.08 bits per heavy atom. The van der Waals surface area contributed by atoms with Gasteiger partial charge in [-0.1, -0.05) is 12.8 Å². The molecule has 1 saturated carbocycles. The third kappa shape index (κ3) is 2.20. The molecule has 0 aromatic rings. The van der Waals surface area contributed by atoms with Crippen LogP contribution in [0.15, 0.2) is 0 Å². The van der Waals surface area contributed by atoms with Gasteiger partial charge in [-0.3, -0.25) is 9.59 Å². The number of hydrogen-bond donors (Lipinski definition) is 2. The van der Waals surface area contributed by atoms with Crippen LogP contribution in [0.4, 0.5) is 0 Å². The first kappa shape index (κ1) is 10.0. The van der Waals surface area contributed by atoms with Gasteiger partial charge in [0.15, 0.2) is 0 Å². The first-order valence-corrected chi connectivity index (χ1v) is 4.50. The first-order valence-electron chi connectivity index (χ1n) is 4.50. The normalized spacial score (nSPS) is 20.7. The van der Waals surface area contributed by atoms with Gasteiger partial charge in [-0.05, 0) is 25.7 Å². The summed E-state index contributed by atoms with van der Waals surface area (Å²) in [6, 6.07) is 0. The van der Waals surface area contributed by atoms with Crippen LogP contribution in [0, 0.1) is 11.3 Å². The van der Waals surface area contributed by atoms with Crippen molar-refractivity contribution >= 4 is 11.9 Å². The number of carbonyl (C=O) groups is 2. The maximum Gasteiger partial charge on any atom is 0.318 e. The van der Waals surface area contributed by atoms with Gasteiger partial charge in [0, 0.05) is 0 Å². The molecule has 1 amide bonds. The Balaban J connectivity index is 2.54. The number of rotatable bonds is 5. The first-order chi connectivity index (χ1) is 5.97. The van der Waals surface area contributed by atoms with Gasteiger partial charge in [0.1, 0.15) is 5.41 Å². The maximum absolute atomic E-state index is 10.9. The number of carboxylic acids is 1. The summed E-state index contributed by atoms with van der Waals surface area (Å²) in [6.45, 7) is 1.40. The molecule has 13 heavy (non-hydrogen) atoms. The molecule has 0 radical (unpaired) electrons. The molecule has 74 valence electrons. The van der Waals surface area contributed by atoms with Crippen LogP contribution >= 0.6 is 0 Å². The van der Waals surface area contributed by atoms with Crippen LogP contribution in [0.3, 0.4) is 0 Å². The van der Waals surface area contributed by atoms with Crippen molar-refractivity contribution in [1.29, 1.82) is 0 Å². The summed E-state index contributed by atoms with van der Waals surface area (Å²) in [7, 11) is 0. The van der Waals surface area contributed by atoms with Crippen molar-refractivity contribution in [2.24, 2.45) is 17.1 Å². The molecule has 0 saturated heterocycles. The van der Waals surface area contributed by atoms with Crippen LogP contribution in [0.1, 0.15) is 32.6 Å². The largest absolute Gasteiger partial charge is 0.480 e. The second kappa shape index (κ2) is 3.36. The molecule has 1 atom stereocenters. The summed E-state index contributed by atoms with van der Waals surface area (Å²) in [5, 5.41) is 8.84. The highest BCUT2D eigenvalue weighted by molar-refractivity contribution is 6.00. The number of primary amides is 1. The summed E-state index contributed by atoms with van der Waals surface area (Å²) in [5.74, 6) is -1.22. The Morgan fingerprint density at radius 3 is 2.38 bits per heavy atom. The lowest BCUT2D eigenvalue weighted by atomic mass is 9.84. The number of hydrogen-bond acceptors (Lipinski definition) is 2. The fraction of sp³-hybridized carbons (Fsp3) is 0.778. The molecule has 0 heterocycles. The summed E-state index contributed by atoms with van der Waals surface area (Å²) >= 11 is 0. The van der Waals surface area contributed by atoms with Crippen molar-refractivity contribution in [3.63, 3.8) is 0 Å². The molecule has 0 aromatic carbocycles. The highest BCUT2D eigenvalue weighted by Gasteiger charge is 2.40. The predicted octanol–water partition coefficient (Wildman–Crippen LogP) is 0.753. The molecule has 1 aliphatic carbocycles. The van der Waals surface area contributed by atoms with Gasteiger partial charge in [0.25, 0.3) is 0 Å². The minimum Gasteiger partial charge on any atom is -0.480 e. The van der Waals surface area contributed by atoms with Crippen LogP contribution < -0.4 is 5.73 Å². The minimum atomic E-state index is -1.37. The number of carbonyl (C=O) groups excluding carboxylic acids is 1. The average molecular weight is 185 g/mol. The third-order valence-corrected chi connectivity index (χ3v) is 2.77. The third-order valence-electron chi connectivity index (χ3n) is 2.77. The van der Waals surface area contributed by atoms with E-state index in [2.05, 4.69) is 0 Å². The van der Waals surface area contributed by atoms with E-state index in [0.29, 0.717) is 12.3 Å². The van der Waals surface area contributed by atoms with Crippen molar-refractivity contribution in [3.8, 4) is 0 Å². The van der Waals surface area contributed by atoms with Crippen molar-refractivity contribution < 1.29 is 14.7 Å². The maximum atomic E-state index is 10.9. The van der Waals surface area contributed by atoms with E-state index >= 15 is 0 Å². The Morgan fingerprint density at radius 1 is 1.54 bits per heavy atom. The zero-order valence-electron chi connectivity index (χ0n) is 7.75. The molecule has 0 aliphatic heterocycles. The molecule has 1 rings (SSSR count). The highest BCUT2D eigenvalue weighted by atomic mass is 16.4. The Hall–Kier alpha value is -1.06. The number of carboxylic acid groups (broad SMARTS) is 1. The van der Waals surface area contributed by atoms with Gasteiger partial charge in [-0.25, -0.2) is 0 Å². The lowest BCUT2D eigenvalue weighted by Crippen LogP contribution is -2.41. The fourth-order valence-electron chi connectivity index (χ4n) is 1.23. The second-order valence-electron chi connectivity index (χ2n) is 3.98. The number of aliphatic carboxylic acids is 1. The molecule has 0 bridgehead atoms. The molecule has 0 spiro atoms. The summed E-state index contributed by atoms with van der Waals surface area (Å²) in [4.78, 5) is 21.7. The monoisotopic (exact) mass is 185 g/mol. The van der Waals surface area contributed by atoms with Gasteiger partial charge in [-0.15, -0.1) is 0 Å². The van der Waals surface area contributed by atoms with Crippen molar-refractivity contribution in [1.82, 2.24) is 0 Å². The van der Waals surface area contributed by atoms with Gasteiger partial charge >= 0.3 is 5.97 Å². The van der Waals surface area contributed by atoms with Gasteiger partial charge in [0.05, 0.1) is 0 Å². The van der Waals surface area contributed by atoms with E-state index < -0.39 is 17.3 Å². The van der Waals surface area contributed by atoms with E-state index in [1.54, 1.807) is 0 Å². The van der Waals surface area contributed by atoms with Crippen LogP contribution in [0.25, 0.3) is 0 Å². The van der Waals surface area contributed by atoms with E-state index in [1.807, 2.05) is 0 Å². The van der Waals surface area contributed by atoms with Gasteiger partial charge in [-0.2, -0.15) is 0 Å². The molecule has 1 unspecified atom stereocenters. The standard InChI is InChI=1S/C9H15NO3/c1-9(7(10)11,8(12)13)5-4-6-2-3-6/h6H,2-5H2,1H3,(H2,10,11)(H,12,13). The van der Waals surface area contributed by atoms with E-state index in [9.17, 15) is 9.59 Å². The zero-order chi connectivity index (χ0) is 10.1. The zero-order valence-corrected chi connectivity index (χ0v) is 7.75. The molecule has 3 N–H and O–H groups in total. The molecular formula is C9H15NO3. The molecule has 1 aliphatic rings.